The first-order chi connectivity index (χ1) is 8.13. The molecule has 0 saturated heterocycles. The van der Waals surface area contributed by atoms with Crippen LogP contribution >= 0.6 is 11.3 Å². The van der Waals surface area contributed by atoms with Crippen LogP contribution in [0.15, 0.2) is 16.8 Å². The Morgan fingerprint density at radius 3 is 2.35 bits per heavy atom. The van der Waals surface area contributed by atoms with Gasteiger partial charge in [-0.1, -0.05) is 20.8 Å². The Bertz CT molecular complexity index is 306. The summed E-state index contributed by atoms with van der Waals surface area (Å²) in [5.41, 5.74) is 1.59. The molecule has 0 bridgehead atoms. The molecule has 0 fully saturated rings. The minimum absolute atomic E-state index is 0.180. The van der Waals surface area contributed by atoms with Crippen LogP contribution in [-0.2, 0) is 0 Å². The molecule has 17 heavy (non-hydrogen) atoms. The summed E-state index contributed by atoms with van der Waals surface area (Å²) < 4.78 is 0. The summed E-state index contributed by atoms with van der Waals surface area (Å²) in [7, 11) is 2.07. The third kappa shape index (κ3) is 2.90. The van der Waals surface area contributed by atoms with Crippen LogP contribution in [0.5, 0.6) is 0 Å². The molecule has 1 aromatic heterocycles. The summed E-state index contributed by atoms with van der Waals surface area (Å²) >= 11 is 1.78. The van der Waals surface area contributed by atoms with E-state index in [9.17, 15) is 0 Å². The Kier molecular flexibility index (Phi) is 5.63. The largest absolute Gasteiger partial charge is 0.311 e. The average Bonchev–Trinajstić information content (AvgIpc) is 2.85. The molecule has 0 amide bonds. The van der Waals surface area contributed by atoms with Crippen molar-refractivity contribution in [1.29, 1.82) is 0 Å². The second kappa shape index (κ2) is 6.53. The maximum Gasteiger partial charge on any atom is 0.0510 e. The molecule has 0 spiro atoms. The van der Waals surface area contributed by atoms with Crippen molar-refractivity contribution in [2.75, 3.05) is 20.1 Å². The monoisotopic (exact) mass is 254 g/mol. The maximum atomic E-state index is 3.51. The number of hydrogen-bond acceptors (Lipinski definition) is 3. The van der Waals surface area contributed by atoms with Crippen molar-refractivity contribution in [3.8, 4) is 0 Å². The SMILES string of the molecule is CCN(CC)C(C)(CC)C(NC)c1ccsc1. The van der Waals surface area contributed by atoms with Crippen LogP contribution in [0.2, 0.25) is 0 Å². The zero-order chi connectivity index (χ0) is 12.9. The average molecular weight is 254 g/mol. The highest BCUT2D eigenvalue weighted by atomic mass is 32.1. The number of nitrogens with zero attached hydrogens (tertiary/aromatic N) is 1. The highest BCUT2D eigenvalue weighted by Gasteiger charge is 2.37. The van der Waals surface area contributed by atoms with Crippen molar-refractivity contribution in [2.24, 2.45) is 0 Å². The van der Waals surface area contributed by atoms with E-state index < -0.39 is 0 Å². The molecule has 2 nitrogen and oxygen atoms in total. The van der Waals surface area contributed by atoms with Crippen molar-refractivity contribution in [3.63, 3.8) is 0 Å². The van der Waals surface area contributed by atoms with Crippen molar-refractivity contribution in [2.45, 2.75) is 45.7 Å². The van der Waals surface area contributed by atoms with Gasteiger partial charge in [0.1, 0.15) is 0 Å². The lowest BCUT2D eigenvalue weighted by molar-refractivity contribution is 0.0730. The van der Waals surface area contributed by atoms with Gasteiger partial charge in [-0.15, -0.1) is 0 Å². The second-order valence-electron chi connectivity index (χ2n) is 4.66. The lowest BCUT2D eigenvalue weighted by Gasteiger charge is -2.45. The minimum Gasteiger partial charge on any atom is -0.311 e. The molecule has 2 unspecified atom stereocenters. The van der Waals surface area contributed by atoms with Gasteiger partial charge in [0.2, 0.25) is 0 Å². The number of thiophene rings is 1. The molecular formula is C14H26N2S. The fourth-order valence-corrected chi connectivity index (χ4v) is 3.52. The van der Waals surface area contributed by atoms with Crippen LogP contribution in [0.1, 0.15) is 45.7 Å². The standard InChI is InChI=1S/C14H26N2S/c1-6-14(4,16(7-2)8-3)13(15-5)12-9-10-17-11-12/h9-11,13,15H,6-8H2,1-5H3. The Labute approximate surface area is 110 Å². The lowest BCUT2D eigenvalue weighted by Crippen LogP contribution is -2.53. The summed E-state index contributed by atoms with van der Waals surface area (Å²) in [5, 5.41) is 7.94. The Morgan fingerprint density at radius 1 is 1.35 bits per heavy atom. The van der Waals surface area contributed by atoms with Crippen LogP contribution in [0.3, 0.4) is 0 Å². The zero-order valence-corrected chi connectivity index (χ0v) is 12.6. The lowest BCUT2D eigenvalue weighted by atomic mass is 9.84. The third-order valence-electron chi connectivity index (χ3n) is 3.99. The van der Waals surface area contributed by atoms with Gasteiger partial charge in [0.25, 0.3) is 0 Å². The van der Waals surface area contributed by atoms with Crippen LogP contribution in [0.4, 0.5) is 0 Å². The molecule has 2 atom stereocenters. The van der Waals surface area contributed by atoms with E-state index in [2.05, 4.69) is 61.8 Å². The van der Waals surface area contributed by atoms with Crippen LogP contribution < -0.4 is 5.32 Å². The maximum absolute atomic E-state index is 3.51. The van der Waals surface area contributed by atoms with Crippen molar-refractivity contribution in [1.82, 2.24) is 10.2 Å². The smallest absolute Gasteiger partial charge is 0.0510 e. The van der Waals surface area contributed by atoms with E-state index in [0.29, 0.717) is 6.04 Å². The molecule has 0 saturated carbocycles. The topological polar surface area (TPSA) is 15.3 Å². The quantitative estimate of drug-likeness (QED) is 0.801. The molecule has 1 aromatic rings. The number of nitrogens with one attached hydrogen (secondary N) is 1. The Hall–Kier alpha value is -0.380. The highest BCUT2D eigenvalue weighted by molar-refractivity contribution is 7.07. The highest BCUT2D eigenvalue weighted by Crippen LogP contribution is 2.34. The molecule has 98 valence electrons. The summed E-state index contributed by atoms with van der Waals surface area (Å²) in [6.45, 7) is 11.4. The van der Waals surface area contributed by atoms with E-state index in [1.54, 1.807) is 11.3 Å². The van der Waals surface area contributed by atoms with Gasteiger partial charge in [0, 0.05) is 5.54 Å². The van der Waals surface area contributed by atoms with Gasteiger partial charge in [0.15, 0.2) is 0 Å². The second-order valence-corrected chi connectivity index (χ2v) is 5.44. The molecule has 1 rings (SSSR count). The van der Waals surface area contributed by atoms with Gasteiger partial charge in [-0.2, -0.15) is 11.3 Å². The van der Waals surface area contributed by atoms with Gasteiger partial charge in [-0.3, -0.25) is 4.90 Å². The Morgan fingerprint density at radius 2 is 2.00 bits per heavy atom. The molecule has 3 heteroatoms. The fourth-order valence-electron chi connectivity index (χ4n) is 2.83. The number of rotatable bonds is 7. The van der Waals surface area contributed by atoms with Crippen molar-refractivity contribution in [3.05, 3.63) is 22.4 Å². The molecule has 0 aliphatic rings. The van der Waals surface area contributed by atoms with Crippen LogP contribution in [0.25, 0.3) is 0 Å². The predicted octanol–water partition coefficient (Wildman–Crippen LogP) is 3.52. The van der Waals surface area contributed by atoms with E-state index in [1.165, 1.54) is 5.56 Å². The van der Waals surface area contributed by atoms with Gasteiger partial charge in [-0.05, 0) is 55.9 Å². The number of hydrogen-bond donors (Lipinski definition) is 1. The van der Waals surface area contributed by atoms with Crippen LogP contribution in [0, 0.1) is 0 Å². The van der Waals surface area contributed by atoms with Gasteiger partial charge in [0.05, 0.1) is 6.04 Å². The first-order valence-corrected chi connectivity index (χ1v) is 7.52. The van der Waals surface area contributed by atoms with E-state index in [1.807, 2.05) is 0 Å². The normalized spacial score (nSPS) is 17.1. The van der Waals surface area contributed by atoms with Gasteiger partial charge in [-0.25, -0.2) is 0 Å². The van der Waals surface area contributed by atoms with E-state index in [4.69, 9.17) is 0 Å². The van der Waals surface area contributed by atoms with Gasteiger partial charge >= 0.3 is 0 Å². The summed E-state index contributed by atoms with van der Waals surface area (Å²) in [6.07, 6.45) is 1.15. The summed E-state index contributed by atoms with van der Waals surface area (Å²) in [4.78, 5) is 2.56. The van der Waals surface area contributed by atoms with Gasteiger partial charge < -0.3 is 5.32 Å². The van der Waals surface area contributed by atoms with Crippen molar-refractivity contribution < 1.29 is 0 Å². The van der Waals surface area contributed by atoms with E-state index >= 15 is 0 Å². The molecule has 0 aliphatic carbocycles. The van der Waals surface area contributed by atoms with E-state index in [-0.39, 0.29) is 5.54 Å². The predicted molar refractivity (Wildman–Crippen MR) is 77.7 cm³/mol. The summed E-state index contributed by atoms with van der Waals surface area (Å²) in [6, 6.07) is 2.64. The first-order valence-electron chi connectivity index (χ1n) is 6.58. The third-order valence-corrected chi connectivity index (χ3v) is 4.69. The van der Waals surface area contributed by atoms with E-state index in [0.717, 1.165) is 19.5 Å². The fraction of sp³-hybridized carbons (Fsp3) is 0.714. The molecule has 1 heterocycles. The minimum atomic E-state index is 0.180. The van der Waals surface area contributed by atoms with Crippen LogP contribution in [-0.4, -0.2) is 30.6 Å². The Balaban J connectivity index is 3.04. The molecule has 0 aromatic carbocycles. The molecule has 0 radical (unpaired) electrons. The molecule has 1 N–H and O–H groups in total. The molecular weight excluding hydrogens is 228 g/mol. The first kappa shape index (κ1) is 14.7. The number of likely N-dealkylation sites (N-methyl/N-ethyl adjacent to an activating group) is 2. The molecule has 0 aliphatic heterocycles. The summed E-state index contributed by atoms with van der Waals surface area (Å²) in [5.74, 6) is 0. The van der Waals surface area contributed by atoms with Crippen molar-refractivity contribution >= 4 is 11.3 Å². The zero-order valence-electron chi connectivity index (χ0n) is 11.8.